The van der Waals surface area contributed by atoms with Crippen LogP contribution in [0.2, 0.25) is 0 Å². The molecule has 0 unspecified atom stereocenters. The van der Waals surface area contributed by atoms with Crippen molar-refractivity contribution < 1.29 is 23.8 Å². The molecule has 0 aliphatic rings. The lowest BCUT2D eigenvalue weighted by Crippen LogP contribution is -2.16. The fourth-order valence-electron chi connectivity index (χ4n) is 3.09. The molecule has 166 valence electrons. The number of allylic oxidation sites excluding steroid dienone is 3. The molecule has 3 rings (SSSR count). The quantitative estimate of drug-likeness (QED) is 0.274. The van der Waals surface area contributed by atoms with E-state index in [1.807, 2.05) is 13.0 Å². The lowest BCUT2D eigenvalue weighted by atomic mass is 10.1. The third-order valence-corrected chi connectivity index (χ3v) is 4.78. The highest BCUT2D eigenvalue weighted by atomic mass is 16.6. The molecular weight excluding hydrogens is 408 g/mol. The number of esters is 1. The van der Waals surface area contributed by atoms with E-state index in [1.54, 1.807) is 36.4 Å². The Balaban J connectivity index is 1.93. The van der Waals surface area contributed by atoms with Gasteiger partial charge in [-0.3, -0.25) is 0 Å². The molecule has 0 aliphatic carbocycles. The zero-order valence-corrected chi connectivity index (χ0v) is 18.4. The van der Waals surface area contributed by atoms with E-state index in [1.165, 1.54) is 17.7 Å². The van der Waals surface area contributed by atoms with E-state index < -0.39 is 17.3 Å². The van der Waals surface area contributed by atoms with Crippen LogP contribution in [0, 0.1) is 0 Å². The third kappa shape index (κ3) is 5.66. The van der Waals surface area contributed by atoms with Gasteiger partial charge in [0.05, 0.1) is 5.56 Å². The van der Waals surface area contributed by atoms with Crippen molar-refractivity contribution in [3.05, 3.63) is 87.8 Å². The summed E-state index contributed by atoms with van der Waals surface area (Å²) in [6.07, 6.45) is 5.84. The van der Waals surface area contributed by atoms with Gasteiger partial charge in [-0.15, -0.1) is 0 Å². The summed E-state index contributed by atoms with van der Waals surface area (Å²) in [6.45, 7) is 6.23. The maximum absolute atomic E-state index is 12.6. The van der Waals surface area contributed by atoms with Gasteiger partial charge in [0.2, 0.25) is 0 Å². The third-order valence-electron chi connectivity index (χ3n) is 4.78. The Labute approximate surface area is 186 Å². The number of hydrogen-bond acceptors (Lipinski definition) is 6. The van der Waals surface area contributed by atoms with Gasteiger partial charge >= 0.3 is 11.6 Å². The minimum Gasteiger partial charge on any atom is -0.507 e. The molecule has 0 saturated heterocycles. The van der Waals surface area contributed by atoms with Gasteiger partial charge in [-0.2, -0.15) is 0 Å². The van der Waals surface area contributed by atoms with Crippen molar-refractivity contribution in [3.63, 3.8) is 0 Å². The predicted octanol–water partition coefficient (Wildman–Crippen LogP) is 5.79. The van der Waals surface area contributed by atoms with Gasteiger partial charge in [0.25, 0.3) is 5.75 Å². The zero-order chi connectivity index (χ0) is 23.1. The number of carbonyl (C=O) groups is 1. The molecule has 0 aliphatic heterocycles. The minimum atomic E-state index is -0.869. The molecule has 0 atom stereocenters. The topological polar surface area (TPSA) is 86.0 Å². The lowest BCUT2D eigenvalue weighted by molar-refractivity contribution is 0.0722. The predicted molar refractivity (Wildman–Crippen MR) is 123 cm³/mol. The second kappa shape index (κ2) is 10.5. The van der Waals surface area contributed by atoms with Crippen LogP contribution >= 0.6 is 0 Å². The van der Waals surface area contributed by atoms with E-state index in [9.17, 15) is 14.7 Å². The molecule has 0 amide bonds. The normalized spacial score (nSPS) is 11.3. The number of hydrogen-bond donors (Lipinski definition) is 1. The summed E-state index contributed by atoms with van der Waals surface area (Å²) in [7, 11) is 0. The standard InChI is InChI=1S/C26H26O6/c1-17(2)9-7-10-18(3)15-16-30-23-22-20(27)13-8-14-21(22)31-26(29)24(23)32-25(28)19-11-5-4-6-12-19/h4-6,8-9,11-15,27H,7,10,16H2,1-3H3/b18-15+. The van der Waals surface area contributed by atoms with Crippen LogP contribution in [0.4, 0.5) is 0 Å². The summed E-state index contributed by atoms with van der Waals surface area (Å²) < 4.78 is 16.5. The first-order valence-electron chi connectivity index (χ1n) is 10.3. The van der Waals surface area contributed by atoms with E-state index in [0.717, 1.165) is 18.4 Å². The minimum absolute atomic E-state index is 0.0352. The molecular formula is C26H26O6. The molecule has 1 N–H and O–H groups in total. The zero-order valence-electron chi connectivity index (χ0n) is 18.4. The van der Waals surface area contributed by atoms with Crippen LogP contribution in [0.3, 0.4) is 0 Å². The van der Waals surface area contributed by atoms with Crippen molar-refractivity contribution in [2.75, 3.05) is 6.61 Å². The number of phenols is 1. The summed E-state index contributed by atoms with van der Waals surface area (Å²) in [5, 5.41) is 10.6. The largest absolute Gasteiger partial charge is 0.507 e. The van der Waals surface area contributed by atoms with Gasteiger partial charge in [0.15, 0.2) is 5.75 Å². The summed E-state index contributed by atoms with van der Waals surface area (Å²) >= 11 is 0. The van der Waals surface area contributed by atoms with Gasteiger partial charge in [-0.05, 0) is 64.0 Å². The highest BCUT2D eigenvalue weighted by Crippen LogP contribution is 2.38. The van der Waals surface area contributed by atoms with Crippen LogP contribution in [0.1, 0.15) is 44.0 Å². The van der Waals surface area contributed by atoms with Crippen molar-refractivity contribution in [2.24, 2.45) is 0 Å². The lowest BCUT2D eigenvalue weighted by Gasteiger charge is -2.13. The smallest absolute Gasteiger partial charge is 0.383 e. The molecule has 0 radical (unpaired) electrons. The van der Waals surface area contributed by atoms with E-state index in [-0.39, 0.29) is 34.6 Å². The average molecular weight is 434 g/mol. The average Bonchev–Trinajstić information content (AvgIpc) is 2.76. The van der Waals surface area contributed by atoms with E-state index >= 15 is 0 Å². The number of rotatable bonds is 8. The highest BCUT2D eigenvalue weighted by Gasteiger charge is 2.23. The molecule has 0 saturated carbocycles. The maximum atomic E-state index is 12.6. The second-order valence-electron chi connectivity index (χ2n) is 7.64. The fraction of sp³-hybridized carbons (Fsp3) is 0.231. The summed E-state index contributed by atoms with van der Waals surface area (Å²) in [5.74, 6) is -1.32. The van der Waals surface area contributed by atoms with Crippen molar-refractivity contribution in [3.8, 4) is 17.2 Å². The van der Waals surface area contributed by atoms with Crippen molar-refractivity contribution >= 4 is 16.9 Å². The SMILES string of the molecule is CC(C)=CCC/C(C)=C/COc1c(OC(=O)c2ccccc2)c(=O)oc2cccc(O)c12. The Hall–Kier alpha value is -3.80. The van der Waals surface area contributed by atoms with Crippen molar-refractivity contribution in [1.82, 2.24) is 0 Å². The van der Waals surface area contributed by atoms with E-state index in [4.69, 9.17) is 13.9 Å². The van der Waals surface area contributed by atoms with Gasteiger partial charge in [0, 0.05) is 0 Å². The van der Waals surface area contributed by atoms with Crippen LogP contribution < -0.4 is 15.1 Å². The number of carbonyl (C=O) groups excluding carboxylic acids is 1. The molecule has 1 heterocycles. The summed E-state index contributed by atoms with van der Waals surface area (Å²) in [4.78, 5) is 25.2. The van der Waals surface area contributed by atoms with E-state index in [2.05, 4.69) is 19.9 Å². The first-order chi connectivity index (χ1) is 15.4. The highest BCUT2D eigenvalue weighted by molar-refractivity contribution is 5.95. The number of ether oxygens (including phenoxy) is 2. The second-order valence-corrected chi connectivity index (χ2v) is 7.64. The van der Waals surface area contributed by atoms with Crippen LogP contribution in [0.25, 0.3) is 11.0 Å². The number of phenolic OH excluding ortho intramolecular Hbond substituents is 1. The van der Waals surface area contributed by atoms with Crippen LogP contribution in [0.15, 0.2) is 81.0 Å². The van der Waals surface area contributed by atoms with Gasteiger partial charge < -0.3 is 19.0 Å². The Morgan fingerprint density at radius 3 is 2.47 bits per heavy atom. The first kappa shape index (κ1) is 22.9. The Bertz CT molecular complexity index is 1210. The maximum Gasteiger partial charge on any atom is 0.383 e. The molecule has 32 heavy (non-hydrogen) atoms. The van der Waals surface area contributed by atoms with Crippen molar-refractivity contribution in [1.29, 1.82) is 0 Å². The summed E-state index contributed by atoms with van der Waals surface area (Å²) in [5.41, 5.74) is 1.91. The fourth-order valence-corrected chi connectivity index (χ4v) is 3.09. The number of benzene rings is 2. The molecule has 1 aromatic heterocycles. The van der Waals surface area contributed by atoms with Crippen molar-refractivity contribution in [2.45, 2.75) is 33.6 Å². The Morgan fingerprint density at radius 1 is 1.00 bits per heavy atom. The Morgan fingerprint density at radius 2 is 1.75 bits per heavy atom. The number of aromatic hydroxyl groups is 1. The molecule has 6 nitrogen and oxygen atoms in total. The van der Waals surface area contributed by atoms with Gasteiger partial charge in [-0.25, -0.2) is 9.59 Å². The molecule has 0 bridgehead atoms. The van der Waals surface area contributed by atoms with Gasteiger partial charge in [0.1, 0.15) is 23.3 Å². The first-order valence-corrected chi connectivity index (χ1v) is 10.3. The van der Waals surface area contributed by atoms with Gasteiger partial charge in [-0.1, -0.05) is 41.5 Å². The molecule has 3 aromatic rings. The summed E-state index contributed by atoms with van der Waals surface area (Å²) in [6, 6.07) is 12.8. The molecule has 2 aromatic carbocycles. The van der Waals surface area contributed by atoms with Crippen LogP contribution in [-0.2, 0) is 0 Å². The molecule has 0 spiro atoms. The van der Waals surface area contributed by atoms with E-state index in [0.29, 0.717) is 0 Å². The van der Waals surface area contributed by atoms with Crippen LogP contribution in [0.5, 0.6) is 17.2 Å². The molecule has 0 fully saturated rings. The van der Waals surface area contributed by atoms with Crippen LogP contribution in [-0.4, -0.2) is 17.7 Å². The monoisotopic (exact) mass is 434 g/mol. The number of fused-ring (bicyclic) bond motifs is 1. The molecule has 6 heteroatoms. The Kier molecular flexibility index (Phi) is 7.49.